The van der Waals surface area contributed by atoms with Crippen molar-refractivity contribution in [3.8, 4) is 5.75 Å². The Morgan fingerprint density at radius 1 is 1.43 bits per heavy atom. The number of hydrogen-bond acceptors (Lipinski definition) is 4. The van der Waals surface area contributed by atoms with Crippen molar-refractivity contribution in [2.24, 2.45) is 0 Å². The molecule has 1 aromatic heterocycles. The first kappa shape index (κ1) is 13.9. The second kappa shape index (κ2) is 5.41. The smallest absolute Gasteiger partial charge is 0.415 e. The van der Waals surface area contributed by atoms with E-state index in [1.54, 1.807) is 25.0 Å². The molecule has 0 bridgehead atoms. The van der Waals surface area contributed by atoms with Crippen LogP contribution in [0.3, 0.4) is 0 Å². The van der Waals surface area contributed by atoms with E-state index < -0.39 is 0 Å². The van der Waals surface area contributed by atoms with E-state index >= 15 is 0 Å². The van der Waals surface area contributed by atoms with Crippen molar-refractivity contribution in [3.63, 3.8) is 0 Å². The minimum Gasteiger partial charge on any atom is -0.495 e. The highest BCUT2D eigenvalue weighted by atomic mass is 35.5. The van der Waals surface area contributed by atoms with Crippen molar-refractivity contribution in [3.05, 3.63) is 28.8 Å². The first-order valence-corrected chi connectivity index (χ1v) is 7.13. The molecule has 2 aromatic rings. The van der Waals surface area contributed by atoms with E-state index in [1.807, 2.05) is 12.1 Å². The molecule has 0 saturated carbocycles. The van der Waals surface area contributed by atoms with E-state index in [0.29, 0.717) is 29.7 Å². The summed E-state index contributed by atoms with van der Waals surface area (Å²) in [4.78, 5) is 18.1. The van der Waals surface area contributed by atoms with Gasteiger partial charge in [0.1, 0.15) is 11.6 Å². The minimum atomic E-state index is -0.359. The number of anilines is 1. The molecular formula is C15H15ClN2O3. The van der Waals surface area contributed by atoms with E-state index in [2.05, 4.69) is 4.98 Å². The normalized spacial score (nSPS) is 13.4. The predicted octanol–water partition coefficient (Wildman–Crippen LogP) is 3.42. The van der Waals surface area contributed by atoms with Crippen LogP contribution in [0.5, 0.6) is 5.75 Å². The Morgan fingerprint density at radius 3 is 2.95 bits per heavy atom. The molecule has 0 spiro atoms. The van der Waals surface area contributed by atoms with Crippen molar-refractivity contribution >= 4 is 34.4 Å². The number of amides is 1. The van der Waals surface area contributed by atoms with E-state index in [0.717, 1.165) is 22.9 Å². The summed E-state index contributed by atoms with van der Waals surface area (Å²) in [5.41, 5.74) is 1.76. The summed E-state index contributed by atoms with van der Waals surface area (Å²) in [6.07, 6.45) is 0.407. The molecule has 0 unspecified atom stereocenters. The van der Waals surface area contributed by atoms with Crippen LogP contribution in [0.1, 0.15) is 12.5 Å². The number of benzene rings is 1. The molecule has 1 aliphatic heterocycles. The molecule has 0 radical (unpaired) electrons. The molecule has 110 valence electrons. The number of aromatic nitrogens is 1. The summed E-state index contributed by atoms with van der Waals surface area (Å²) in [5, 5.41) is 1.44. The number of nitrogens with zero attached hydrogens (tertiary/aromatic N) is 2. The number of hydrogen-bond donors (Lipinski definition) is 0. The Labute approximate surface area is 127 Å². The van der Waals surface area contributed by atoms with Gasteiger partial charge in [0.25, 0.3) is 0 Å². The van der Waals surface area contributed by atoms with Crippen LogP contribution in [0.25, 0.3) is 10.9 Å². The third kappa shape index (κ3) is 2.38. The largest absolute Gasteiger partial charge is 0.495 e. The molecule has 1 amide bonds. The second-order valence-electron chi connectivity index (χ2n) is 4.75. The van der Waals surface area contributed by atoms with Gasteiger partial charge in [-0.3, -0.25) is 4.90 Å². The zero-order valence-electron chi connectivity index (χ0n) is 11.9. The van der Waals surface area contributed by atoms with Crippen LogP contribution < -0.4 is 9.64 Å². The van der Waals surface area contributed by atoms with Crippen LogP contribution in [-0.4, -0.2) is 31.3 Å². The molecular weight excluding hydrogens is 292 g/mol. The number of fused-ring (bicyclic) bond motifs is 2. The molecule has 3 rings (SSSR count). The third-order valence-corrected chi connectivity index (χ3v) is 3.79. The summed E-state index contributed by atoms with van der Waals surface area (Å²) >= 11 is 6.13. The zero-order chi connectivity index (χ0) is 15.0. The Kier molecular flexibility index (Phi) is 3.59. The fourth-order valence-corrected chi connectivity index (χ4v) is 2.74. The molecule has 21 heavy (non-hydrogen) atoms. The Balaban J connectivity index is 2.08. The van der Waals surface area contributed by atoms with E-state index in [9.17, 15) is 4.79 Å². The molecule has 1 aliphatic rings. The average Bonchev–Trinajstić information content (AvgIpc) is 2.87. The van der Waals surface area contributed by atoms with Crippen LogP contribution in [0.4, 0.5) is 10.6 Å². The van der Waals surface area contributed by atoms with Crippen molar-refractivity contribution < 1.29 is 14.3 Å². The topological polar surface area (TPSA) is 51.7 Å². The van der Waals surface area contributed by atoms with Gasteiger partial charge >= 0.3 is 6.09 Å². The van der Waals surface area contributed by atoms with Crippen molar-refractivity contribution in [1.29, 1.82) is 0 Å². The highest BCUT2D eigenvalue weighted by Crippen LogP contribution is 2.34. The lowest BCUT2D eigenvalue weighted by Crippen LogP contribution is -2.30. The maximum Gasteiger partial charge on any atom is 0.415 e. The second-order valence-corrected chi connectivity index (χ2v) is 5.16. The average molecular weight is 307 g/mol. The summed E-state index contributed by atoms with van der Waals surface area (Å²) in [6, 6.07) is 5.63. The Morgan fingerprint density at radius 2 is 2.24 bits per heavy atom. The Bertz CT molecular complexity index is 718. The summed E-state index contributed by atoms with van der Waals surface area (Å²) < 4.78 is 10.3. The lowest BCUT2D eigenvalue weighted by Gasteiger charge is -2.16. The quantitative estimate of drug-likeness (QED) is 0.853. The van der Waals surface area contributed by atoms with E-state index in [-0.39, 0.29) is 6.09 Å². The van der Waals surface area contributed by atoms with Crippen LogP contribution in [0.15, 0.2) is 18.2 Å². The van der Waals surface area contributed by atoms with Gasteiger partial charge < -0.3 is 9.47 Å². The fraction of sp³-hybridized carbons (Fsp3) is 0.333. The number of ether oxygens (including phenoxy) is 2. The van der Waals surface area contributed by atoms with Crippen molar-refractivity contribution in [1.82, 2.24) is 4.98 Å². The van der Waals surface area contributed by atoms with Gasteiger partial charge in [-0.25, -0.2) is 9.78 Å². The van der Waals surface area contributed by atoms with Gasteiger partial charge in [-0.05, 0) is 37.1 Å². The number of pyridine rings is 1. The number of rotatable bonds is 2. The first-order valence-electron chi connectivity index (χ1n) is 6.75. The molecule has 5 nitrogen and oxygen atoms in total. The summed E-state index contributed by atoms with van der Waals surface area (Å²) in [5.74, 6) is 1.27. The molecule has 0 atom stereocenters. The summed E-state index contributed by atoms with van der Waals surface area (Å²) in [6.45, 7) is 2.72. The third-order valence-electron chi connectivity index (χ3n) is 3.49. The first-order chi connectivity index (χ1) is 10.1. The Hall–Kier alpha value is -2.01. The van der Waals surface area contributed by atoms with Crippen molar-refractivity contribution in [2.75, 3.05) is 25.2 Å². The van der Waals surface area contributed by atoms with Crippen LogP contribution in [0.2, 0.25) is 5.02 Å². The van der Waals surface area contributed by atoms with Gasteiger partial charge in [-0.2, -0.15) is 0 Å². The van der Waals surface area contributed by atoms with Gasteiger partial charge in [0.05, 0.1) is 24.3 Å². The number of carbonyl (C=O) groups excluding carboxylic acids is 1. The highest BCUT2D eigenvalue weighted by Gasteiger charge is 2.27. The zero-order valence-corrected chi connectivity index (χ0v) is 12.6. The molecule has 1 aromatic carbocycles. The lowest BCUT2D eigenvalue weighted by molar-refractivity contribution is 0.160. The van der Waals surface area contributed by atoms with E-state index in [1.165, 1.54) is 0 Å². The number of carbonyl (C=O) groups is 1. The number of halogens is 1. The molecule has 6 heteroatoms. The van der Waals surface area contributed by atoms with Gasteiger partial charge in [0.2, 0.25) is 0 Å². The highest BCUT2D eigenvalue weighted by molar-refractivity contribution is 6.32. The van der Waals surface area contributed by atoms with Gasteiger partial charge in [0.15, 0.2) is 0 Å². The SMILES string of the molecule is CCOC(=O)N1CCc2cc3cc(OC)c(Cl)cc3nc21. The van der Waals surface area contributed by atoms with Gasteiger partial charge in [-0.1, -0.05) is 11.6 Å². The fourth-order valence-electron chi connectivity index (χ4n) is 2.50. The molecule has 0 aliphatic carbocycles. The number of methoxy groups -OCH3 is 1. The maximum absolute atomic E-state index is 11.9. The van der Waals surface area contributed by atoms with Crippen LogP contribution in [0, 0.1) is 0 Å². The maximum atomic E-state index is 11.9. The van der Waals surface area contributed by atoms with Gasteiger partial charge in [-0.15, -0.1) is 0 Å². The molecule has 0 fully saturated rings. The van der Waals surface area contributed by atoms with Crippen LogP contribution >= 0.6 is 11.6 Å². The standard InChI is InChI=1S/C15H15ClN2O3/c1-3-21-15(19)18-5-4-9-6-10-7-13(20-2)11(16)8-12(10)17-14(9)18/h6-8H,3-5H2,1-2H3. The monoisotopic (exact) mass is 306 g/mol. The summed E-state index contributed by atoms with van der Waals surface area (Å²) in [7, 11) is 1.58. The van der Waals surface area contributed by atoms with E-state index in [4.69, 9.17) is 21.1 Å². The molecule has 0 saturated heterocycles. The lowest BCUT2D eigenvalue weighted by atomic mass is 10.1. The van der Waals surface area contributed by atoms with Crippen molar-refractivity contribution in [2.45, 2.75) is 13.3 Å². The predicted molar refractivity (Wildman–Crippen MR) is 81.4 cm³/mol. The van der Waals surface area contributed by atoms with Crippen LogP contribution in [-0.2, 0) is 11.2 Å². The minimum absolute atomic E-state index is 0.348. The molecule has 0 N–H and O–H groups in total. The molecule has 2 heterocycles. The van der Waals surface area contributed by atoms with Gasteiger partial charge in [0, 0.05) is 11.9 Å².